The maximum atomic E-state index is 13.3. The lowest BCUT2D eigenvalue weighted by molar-refractivity contribution is -0.144. The Morgan fingerprint density at radius 2 is 2.00 bits per heavy atom. The summed E-state index contributed by atoms with van der Waals surface area (Å²) in [4.78, 5) is 31.2. The van der Waals surface area contributed by atoms with Gasteiger partial charge in [-0.2, -0.15) is 0 Å². The fourth-order valence-corrected chi connectivity index (χ4v) is 3.96. The van der Waals surface area contributed by atoms with Gasteiger partial charge < -0.3 is 14.5 Å². The highest BCUT2D eigenvalue weighted by Gasteiger charge is 2.33. The fraction of sp³-hybridized carbons (Fsp3) is 0.619. The molecule has 2 fully saturated rings. The van der Waals surface area contributed by atoms with Crippen LogP contribution in [-0.2, 0) is 20.7 Å². The molecule has 3 rings (SSSR count). The molecule has 0 aromatic heterocycles. The van der Waals surface area contributed by atoms with E-state index in [1.165, 1.54) is 12.1 Å². The number of carbonyl (C=O) groups excluding carboxylic acids is 2. The zero-order valence-electron chi connectivity index (χ0n) is 16.6. The maximum absolute atomic E-state index is 13.3. The van der Waals surface area contributed by atoms with Gasteiger partial charge >= 0.3 is 0 Å². The number of ether oxygens (including phenoxy) is 1. The third-order valence-electron chi connectivity index (χ3n) is 5.70. The predicted molar refractivity (Wildman–Crippen MR) is 104 cm³/mol. The number of likely N-dealkylation sites (tertiary alicyclic amines) is 1. The Balaban J connectivity index is 1.49. The number of methoxy groups -OCH3 is 1. The van der Waals surface area contributed by atoms with Crippen molar-refractivity contribution in [3.63, 3.8) is 0 Å². The molecular formula is C21H30FN3O3. The van der Waals surface area contributed by atoms with Gasteiger partial charge in [-0.3, -0.25) is 14.5 Å². The molecule has 1 atom stereocenters. The van der Waals surface area contributed by atoms with Gasteiger partial charge in [-0.25, -0.2) is 4.39 Å². The largest absolute Gasteiger partial charge is 0.383 e. The lowest BCUT2D eigenvalue weighted by atomic mass is 9.95. The van der Waals surface area contributed by atoms with Crippen molar-refractivity contribution in [1.29, 1.82) is 0 Å². The van der Waals surface area contributed by atoms with Crippen LogP contribution < -0.4 is 0 Å². The van der Waals surface area contributed by atoms with Crippen LogP contribution in [0.1, 0.15) is 18.4 Å². The molecule has 2 saturated heterocycles. The van der Waals surface area contributed by atoms with Gasteiger partial charge in [-0.05, 0) is 30.5 Å². The molecule has 6 nitrogen and oxygen atoms in total. The molecule has 0 N–H and O–H groups in total. The second-order valence-corrected chi connectivity index (χ2v) is 7.61. The van der Waals surface area contributed by atoms with Gasteiger partial charge in [0.05, 0.1) is 12.5 Å². The zero-order valence-corrected chi connectivity index (χ0v) is 16.6. The lowest BCUT2D eigenvalue weighted by Gasteiger charge is -2.39. The first-order valence-corrected chi connectivity index (χ1v) is 10.1. The molecule has 1 unspecified atom stereocenters. The standard InChI is InChI=1S/C21H30FN3O3/c1-28-14-13-23-9-11-24(12-10-23)21(27)18-5-6-20(26)25(16-18)8-7-17-3-2-4-19(22)15-17/h2-4,15,18H,5-14,16H2,1H3. The number of nitrogens with zero attached hydrogens (tertiary/aromatic N) is 3. The van der Waals surface area contributed by atoms with Crippen LogP contribution in [-0.4, -0.2) is 86.0 Å². The van der Waals surface area contributed by atoms with Crippen LogP contribution >= 0.6 is 0 Å². The molecule has 154 valence electrons. The monoisotopic (exact) mass is 391 g/mol. The summed E-state index contributed by atoms with van der Waals surface area (Å²) >= 11 is 0. The van der Waals surface area contributed by atoms with Crippen LogP contribution in [0.25, 0.3) is 0 Å². The van der Waals surface area contributed by atoms with Crippen molar-refractivity contribution >= 4 is 11.8 Å². The van der Waals surface area contributed by atoms with Crippen LogP contribution in [0.15, 0.2) is 24.3 Å². The molecule has 1 aromatic rings. The Morgan fingerprint density at radius 1 is 1.21 bits per heavy atom. The quantitative estimate of drug-likeness (QED) is 0.705. The highest BCUT2D eigenvalue weighted by Crippen LogP contribution is 2.21. The molecule has 1 aromatic carbocycles. The predicted octanol–water partition coefficient (Wildman–Crippen LogP) is 1.40. The topological polar surface area (TPSA) is 53.1 Å². The molecule has 7 heteroatoms. The molecule has 2 aliphatic heterocycles. The average Bonchev–Trinajstić information content (AvgIpc) is 2.71. The van der Waals surface area contributed by atoms with Crippen LogP contribution in [0.2, 0.25) is 0 Å². The molecule has 2 amide bonds. The average molecular weight is 391 g/mol. The molecule has 0 spiro atoms. The minimum atomic E-state index is -0.264. The number of halogens is 1. The van der Waals surface area contributed by atoms with Gasteiger partial charge in [0, 0.05) is 59.3 Å². The van der Waals surface area contributed by atoms with E-state index in [4.69, 9.17) is 4.74 Å². The van der Waals surface area contributed by atoms with E-state index in [1.54, 1.807) is 18.1 Å². The van der Waals surface area contributed by atoms with Crippen LogP contribution in [0.4, 0.5) is 4.39 Å². The Morgan fingerprint density at radius 3 is 2.71 bits per heavy atom. The number of hydrogen-bond acceptors (Lipinski definition) is 4. The minimum absolute atomic E-state index is 0.0878. The van der Waals surface area contributed by atoms with E-state index in [0.29, 0.717) is 39.0 Å². The van der Waals surface area contributed by atoms with Crippen molar-refractivity contribution in [1.82, 2.24) is 14.7 Å². The SMILES string of the molecule is COCCN1CCN(C(=O)C2CCC(=O)N(CCc3cccc(F)c3)C2)CC1. The summed E-state index contributed by atoms with van der Waals surface area (Å²) in [5.41, 5.74) is 0.869. The van der Waals surface area contributed by atoms with Gasteiger partial charge in [0.2, 0.25) is 11.8 Å². The Bertz CT molecular complexity index is 677. The van der Waals surface area contributed by atoms with Crippen LogP contribution in [0.5, 0.6) is 0 Å². The van der Waals surface area contributed by atoms with Crippen molar-refractivity contribution in [3.8, 4) is 0 Å². The third kappa shape index (κ3) is 5.52. The highest BCUT2D eigenvalue weighted by atomic mass is 19.1. The second-order valence-electron chi connectivity index (χ2n) is 7.61. The van der Waals surface area contributed by atoms with Crippen molar-refractivity contribution in [2.75, 3.05) is 59.5 Å². The summed E-state index contributed by atoms with van der Waals surface area (Å²) in [6.07, 6.45) is 1.63. The molecule has 0 bridgehead atoms. The first-order chi connectivity index (χ1) is 13.6. The summed E-state index contributed by atoms with van der Waals surface area (Å²) in [6, 6.07) is 6.46. The summed E-state index contributed by atoms with van der Waals surface area (Å²) in [5.74, 6) is -0.143. The van der Waals surface area contributed by atoms with E-state index < -0.39 is 0 Å². The number of piperazine rings is 1. The number of benzene rings is 1. The van der Waals surface area contributed by atoms with E-state index in [-0.39, 0.29) is 23.5 Å². The summed E-state index contributed by atoms with van der Waals surface area (Å²) in [6.45, 7) is 5.79. The molecule has 28 heavy (non-hydrogen) atoms. The summed E-state index contributed by atoms with van der Waals surface area (Å²) in [7, 11) is 1.70. The highest BCUT2D eigenvalue weighted by molar-refractivity contribution is 5.84. The first-order valence-electron chi connectivity index (χ1n) is 10.1. The Kier molecular flexibility index (Phi) is 7.39. The molecule has 2 heterocycles. The summed E-state index contributed by atoms with van der Waals surface area (Å²) < 4.78 is 18.5. The Labute approximate surface area is 166 Å². The van der Waals surface area contributed by atoms with E-state index in [9.17, 15) is 14.0 Å². The molecular weight excluding hydrogens is 361 g/mol. The van der Waals surface area contributed by atoms with Gasteiger partial charge in [0.25, 0.3) is 0 Å². The van der Waals surface area contributed by atoms with E-state index in [2.05, 4.69) is 4.90 Å². The van der Waals surface area contributed by atoms with Gasteiger partial charge in [-0.15, -0.1) is 0 Å². The molecule has 2 aliphatic rings. The number of carbonyl (C=O) groups is 2. The van der Waals surface area contributed by atoms with E-state index >= 15 is 0 Å². The van der Waals surface area contributed by atoms with Crippen molar-refractivity contribution < 1.29 is 18.7 Å². The Hall–Kier alpha value is -1.99. The zero-order chi connectivity index (χ0) is 19.9. The second kappa shape index (κ2) is 9.98. The lowest BCUT2D eigenvalue weighted by Crippen LogP contribution is -2.53. The number of amides is 2. The van der Waals surface area contributed by atoms with Gasteiger partial charge in [-0.1, -0.05) is 12.1 Å². The molecule has 0 saturated carbocycles. The van der Waals surface area contributed by atoms with Crippen molar-refractivity contribution in [2.24, 2.45) is 5.92 Å². The van der Waals surface area contributed by atoms with Crippen LogP contribution in [0.3, 0.4) is 0 Å². The van der Waals surface area contributed by atoms with Gasteiger partial charge in [0.1, 0.15) is 5.82 Å². The minimum Gasteiger partial charge on any atom is -0.383 e. The van der Waals surface area contributed by atoms with Crippen molar-refractivity contribution in [3.05, 3.63) is 35.6 Å². The van der Waals surface area contributed by atoms with E-state index in [0.717, 1.165) is 38.3 Å². The van der Waals surface area contributed by atoms with Crippen LogP contribution in [0, 0.1) is 11.7 Å². The number of rotatable bonds is 7. The number of hydrogen-bond donors (Lipinski definition) is 0. The van der Waals surface area contributed by atoms with E-state index in [1.807, 2.05) is 11.0 Å². The molecule has 0 aliphatic carbocycles. The first kappa shape index (κ1) is 20.7. The maximum Gasteiger partial charge on any atom is 0.227 e. The fourth-order valence-electron chi connectivity index (χ4n) is 3.96. The smallest absolute Gasteiger partial charge is 0.227 e. The number of piperidine rings is 1. The normalized spacial score (nSPS) is 21.2. The van der Waals surface area contributed by atoms with Crippen molar-refractivity contribution in [2.45, 2.75) is 19.3 Å². The summed E-state index contributed by atoms with van der Waals surface area (Å²) in [5, 5.41) is 0. The third-order valence-corrected chi connectivity index (χ3v) is 5.70. The molecule has 0 radical (unpaired) electrons. The van der Waals surface area contributed by atoms with Gasteiger partial charge in [0.15, 0.2) is 0 Å².